The van der Waals surface area contributed by atoms with E-state index in [0.29, 0.717) is 10.6 Å². The first kappa shape index (κ1) is 19.9. The van der Waals surface area contributed by atoms with E-state index in [2.05, 4.69) is 9.97 Å². The third-order valence-corrected chi connectivity index (χ3v) is 4.17. The first-order valence-corrected chi connectivity index (χ1v) is 7.99. The van der Waals surface area contributed by atoms with Gasteiger partial charge in [-0.2, -0.15) is 31.6 Å². The zero-order chi connectivity index (χ0) is 20.7. The van der Waals surface area contributed by atoms with Crippen molar-refractivity contribution in [1.82, 2.24) is 9.97 Å². The van der Waals surface area contributed by atoms with Crippen LogP contribution in [0.1, 0.15) is 28.4 Å². The minimum atomic E-state index is -5.09. The standard InChI is InChI=1S/C18H8ClF6N3/c19-10-3-1-9(2-4-10)12(8-26)14-6-5-11-13(17(20,21)22)7-15(18(23,24)25)28-16(11)27-14/h1-7,12H/t12-/m0/s1. The lowest BCUT2D eigenvalue weighted by Gasteiger charge is -2.15. The van der Waals surface area contributed by atoms with Crippen LogP contribution in [0.15, 0.2) is 42.5 Å². The third-order valence-electron chi connectivity index (χ3n) is 3.92. The molecule has 0 fully saturated rings. The van der Waals surface area contributed by atoms with Crippen LogP contribution in [-0.4, -0.2) is 9.97 Å². The Morgan fingerprint density at radius 2 is 1.54 bits per heavy atom. The molecule has 1 atom stereocenters. The smallest absolute Gasteiger partial charge is 0.231 e. The Morgan fingerprint density at radius 3 is 2.07 bits per heavy atom. The van der Waals surface area contributed by atoms with E-state index in [4.69, 9.17) is 11.6 Å². The summed E-state index contributed by atoms with van der Waals surface area (Å²) in [5.41, 5.74) is -3.55. The number of hydrogen-bond acceptors (Lipinski definition) is 3. The van der Waals surface area contributed by atoms with Crippen molar-refractivity contribution in [3.63, 3.8) is 0 Å². The Labute approximate surface area is 159 Å². The molecule has 1 aromatic carbocycles. The predicted octanol–water partition coefficient (Wildman–Crippen LogP) is 5.98. The summed E-state index contributed by atoms with van der Waals surface area (Å²) >= 11 is 5.78. The van der Waals surface area contributed by atoms with E-state index in [-0.39, 0.29) is 11.8 Å². The van der Waals surface area contributed by atoms with Gasteiger partial charge in [0.15, 0.2) is 5.65 Å². The highest BCUT2D eigenvalue weighted by Gasteiger charge is 2.39. The number of benzene rings is 1. The number of rotatable bonds is 2. The fourth-order valence-electron chi connectivity index (χ4n) is 2.63. The Morgan fingerprint density at radius 1 is 0.893 bits per heavy atom. The number of halogens is 7. The van der Waals surface area contributed by atoms with Crippen LogP contribution in [-0.2, 0) is 12.4 Å². The second-order valence-electron chi connectivity index (χ2n) is 5.77. The average Bonchev–Trinajstić information content (AvgIpc) is 2.61. The van der Waals surface area contributed by atoms with E-state index in [9.17, 15) is 31.6 Å². The van der Waals surface area contributed by atoms with Crippen molar-refractivity contribution in [3.8, 4) is 6.07 Å². The maximum atomic E-state index is 13.2. The van der Waals surface area contributed by atoms with Crippen LogP contribution in [0.25, 0.3) is 11.0 Å². The van der Waals surface area contributed by atoms with Crippen LogP contribution >= 0.6 is 11.6 Å². The van der Waals surface area contributed by atoms with E-state index in [1.54, 1.807) is 0 Å². The second kappa shape index (κ2) is 6.95. The number of fused-ring (bicyclic) bond motifs is 1. The monoisotopic (exact) mass is 415 g/mol. The average molecular weight is 416 g/mol. The lowest BCUT2D eigenvalue weighted by atomic mass is 9.96. The van der Waals surface area contributed by atoms with Crippen LogP contribution in [0, 0.1) is 11.3 Å². The number of nitrogens with zero attached hydrogens (tertiary/aromatic N) is 3. The molecule has 3 aromatic rings. The summed E-state index contributed by atoms with van der Waals surface area (Å²) in [6.07, 6.45) is -10.1. The first-order valence-electron chi connectivity index (χ1n) is 7.62. The molecule has 28 heavy (non-hydrogen) atoms. The number of alkyl halides is 6. The molecule has 0 N–H and O–H groups in total. The van der Waals surface area contributed by atoms with Crippen molar-refractivity contribution in [2.75, 3.05) is 0 Å². The number of nitriles is 1. The molecule has 0 spiro atoms. The molecule has 2 heterocycles. The van der Waals surface area contributed by atoms with Crippen molar-refractivity contribution in [2.24, 2.45) is 0 Å². The maximum absolute atomic E-state index is 13.2. The van der Waals surface area contributed by atoms with Gasteiger partial charge in [-0.05, 0) is 35.9 Å². The molecule has 0 saturated carbocycles. The summed E-state index contributed by atoms with van der Waals surface area (Å²) in [6.45, 7) is 0. The summed E-state index contributed by atoms with van der Waals surface area (Å²) in [5.74, 6) is -1.02. The largest absolute Gasteiger partial charge is 0.433 e. The van der Waals surface area contributed by atoms with Crippen LogP contribution in [0.5, 0.6) is 0 Å². The Bertz CT molecular complexity index is 1070. The minimum Gasteiger partial charge on any atom is -0.231 e. The number of pyridine rings is 2. The molecule has 0 unspecified atom stereocenters. The van der Waals surface area contributed by atoms with Crippen LogP contribution in [0.3, 0.4) is 0 Å². The van der Waals surface area contributed by atoms with Gasteiger partial charge in [-0.1, -0.05) is 23.7 Å². The third kappa shape index (κ3) is 3.87. The molecule has 0 aliphatic heterocycles. The van der Waals surface area contributed by atoms with Gasteiger partial charge < -0.3 is 0 Å². The summed E-state index contributed by atoms with van der Waals surface area (Å²) < 4.78 is 78.6. The molecule has 0 bridgehead atoms. The van der Waals surface area contributed by atoms with Crippen molar-refractivity contribution in [3.05, 3.63) is 70.0 Å². The van der Waals surface area contributed by atoms with Gasteiger partial charge in [0.25, 0.3) is 0 Å². The molecule has 0 aliphatic rings. The second-order valence-corrected chi connectivity index (χ2v) is 6.21. The number of hydrogen-bond donors (Lipinski definition) is 0. The molecule has 0 saturated heterocycles. The summed E-state index contributed by atoms with van der Waals surface area (Å²) in [6, 6.07) is 10.0. The Kier molecular flexibility index (Phi) is 4.93. The quantitative estimate of drug-likeness (QED) is 0.484. The first-order chi connectivity index (χ1) is 13.0. The van der Waals surface area contributed by atoms with Gasteiger partial charge in [-0.3, -0.25) is 0 Å². The predicted molar refractivity (Wildman–Crippen MR) is 88.5 cm³/mol. The SMILES string of the molecule is N#C[C@@H](c1ccc(Cl)cc1)c1ccc2c(C(F)(F)F)cc(C(F)(F)F)nc2n1. The van der Waals surface area contributed by atoms with Gasteiger partial charge in [-0.25, -0.2) is 9.97 Å². The lowest BCUT2D eigenvalue weighted by molar-refractivity contribution is -0.144. The molecule has 3 nitrogen and oxygen atoms in total. The van der Waals surface area contributed by atoms with E-state index < -0.39 is 40.6 Å². The summed E-state index contributed by atoms with van der Waals surface area (Å²) in [4.78, 5) is 7.07. The van der Waals surface area contributed by atoms with Crippen molar-refractivity contribution in [2.45, 2.75) is 18.3 Å². The van der Waals surface area contributed by atoms with Crippen LogP contribution in [0.4, 0.5) is 26.3 Å². The Hall–Kier alpha value is -2.86. The lowest BCUT2D eigenvalue weighted by Crippen LogP contribution is -2.14. The van der Waals surface area contributed by atoms with Crippen LogP contribution in [0.2, 0.25) is 5.02 Å². The minimum absolute atomic E-state index is 0.0303. The topological polar surface area (TPSA) is 49.6 Å². The highest BCUT2D eigenvalue weighted by Crippen LogP contribution is 2.38. The van der Waals surface area contributed by atoms with Crippen molar-refractivity contribution >= 4 is 22.6 Å². The molecular weight excluding hydrogens is 408 g/mol. The van der Waals surface area contributed by atoms with E-state index >= 15 is 0 Å². The van der Waals surface area contributed by atoms with Crippen molar-refractivity contribution in [1.29, 1.82) is 5.26 Å². The van der Waals surface area contributed by atoms with Gasteiger partial charge in [0.2, 0.25) is 0 Å². The van der Waals surface area contributed by atoms with Gasteiger partial charge in [0.1, 0.15) is 11.6 Å². The normalized spacial score (nSPS) is 13.4. The highest BCUT2D eigenvalue weighted by atomic mass is 35.5. The molecule has 0 amide bonds. The highest BCUT2D eigenvalue weighted by molar-refractivity contribution is 6.30. The molecule has 3 rings (SSSR count). The van der Waals surface area contributed by atoms with E-state index in [1.165, 1.54) is 24.3 Å². The van der Waals surface area contributed by atoms with Gasteiger partial charge >= 0.3 is 12.4 Å². The fourth-order valence-corrected chi connectivity index (χ4v) is 2.75. The molecule has 10 heteroatoms. The maximum Gasteiger partial charge on any atom is 0.433 e. The van der Waals surface area contributed by atoms with E-state index in [0.717, 1.165) is 12.1 Å². The van der Waals surface area contributed by atoms with E-state index in [1.807, 2.05) is 6.07 Å². The van der Waals surface area contributed by atoms with Gasteiger partial charge in [0.05, 0.1) is 17.3 Å². The molecule has 0 aliphatic carbocycles. The molecule has 144 valence electrons. The van der Waals surface area contributed by atoms with Gasteiger partial charge in [0, 0.05) is 10.4 Å². The van der Waals surface area contributed by atoms with Gasteiger partial charge in [-0.15, -0.1) is 0 Å². The zero-order valence-electron chi connectivity index (χ0n) is 13.6. The van der Waals surface area contributed by atoms with Crippen molar-refractivity contribution < 1.29 is 26.3 Å². The van der Waals surface area contributed by atoms with Crippen LogP contribution < -0.4 is 0 Å². The molecule has 0 radical (unpaired) electrons. The zero-order valence-corrected chi connectivity index (χ0v) is 14.4. The molecular formula is C18H8ClF6N3. The number of aromatic nitrogens is 2. The summed E-state index contributed by atoms with van der Waals surface area (Å²) in [5, 5.41) is 9.25. The molecule has 2 aromatic heterocycles. The Balaban J connectivity index is 2.22. The summed E-state index contributed by atoms with van der Waals surface area (Å²) in [7, 11) is 0. The fraction of sp³-hybridized carbons (Fsp3) is 0.167.